The van der Waals surface area contributed by atoms with Crippen molar-refractivity contribution in [3.05, 3.63) is 12.2 Å². The van der Waals surface area contributed by atoms with Crippen LogP contribution in [0.25, 0.3) is 0 Å². The summed E-state index contributed by atoms with van der Waals surface area (Å²) in [5, 5.41) is 17.0. The van der Waals surface area contributed by atoms with Gasteiger partial charge in [0.25, 0.3) is 0 Å². The fourth-order valence-corrected chi connectivity index (χ4v) is 0.530. The highest BCUT2D eigenvalue weighted by molar-refractivity contribution is 4.80. The number of hydrogen-bond acceptors (Lipinski definition) is 2. The first kappa shape index (κ1) is 8.66. The van der Waals surface area contributed by atoms with Crippen LogP contribution in [0.2, 0.25) is 0 Å². The van der Waals surface area contributed by atoms with Crippen molar-refractivity contribution in [2.75, 3.05) is 6.61 Å². The third-order valence-corrected chi connectivity index (χ3v) is 1.02. The van der Waals surface area contributed by atoms with Gasteiger partial charge in [-0.05, 0) is 19.8 Å². The molecule has 0 aliphatic carbocycles. The Morgan fingerprint density at radius 1 is 1.44 bits per heavy atom. The predicted molar refractivity (Wildman–Crippen MR) is 37.1 cm³/mol. The Balaban J connectivity index is 2.99. The topological polar surface area (TPSA) is 40.5 Å². The van der Waals surface area contributed by atoms with Crippen LogP contribution in [0.5, 0.6) is 0 Å². The molecular weight excluding hydrogens is 116 g/mol. The lowest BCUT2D eigenvalue weighted by Gasteiger charge is -1.97. The molecule has 0 spiro atoms. The monoisotopic (exact) mass is 130 g/mol. The first-order valence-electron chi connectivity index (χ1n) is 3.21. The van der Waals surface area contributed by atoms with Crippen LogP contribution in [-0.2, 0) is 0 Å². The van der Waals surface area contributed by atoms with Crippen molar-refractivity contribution < 1.29 is 10.2 Å². The van der Waals surface area contributed by atoms with E-state index in [4.69, 9.17) is 10.2 Å². The summed E-state index contributed by atoms with van der Waals surface area (Å²) in [5.74, 6) is 0. The summed E-state index contributed by atoms with van der Waals surface area (Å²) in [5.41, 5.74) is 0. The zero-order valence-corrected chi connectivity index (χ0v) is 5.75. The molecule has 1 atom stereocenters. The molecule has 2 nitrogen and oxygen atoms in total. The molecule has 0 aliphatic heterocycles. The maximum atomic E-state index is 8.76. The van der Waals surface area contributed by atoms with Crippen molar-refractivity contribution >= 4 is 0 Å². The molecule has 0 aromatic heterocycles. The maximum Gasteiger partial charge on any atom is 0.0612 e. The molecule has 0 aromatic rings. The third-order valence-electron chi connectivity index (χ3n) is 1.02. The van der Waals surface area contributed by atoms with Crippen LogP contribution in [-0.4, -0.2) is 22.9 Å². The first-order valence-corrected chi connectivity index (χ1v) is 3.21. The van der Waals surface area contributed by atoms with Gasteiger partial charge in [0.05, 0.1) is 12.7 Å². The van der Waals surface area contributed by atoms with Gasteiger partial charge in [0.2, 0.25) is 0 Å². The summed E-state index contributed by atoms with van der Waals surface area (Å²) in [4.78, 5) is 0. The Bertz CT molecular complexity index is 77.0. The molecule has 2 heteroatoms. The highest BCUT2D eigenvalue weighted by Gasteiger charge is 1.89. The van der Waals surface area contributed by atoms with Gasteiger partial charge in [0.1, 0.15) is 0 Å². The zero-order chi connectivity index (χ0) is 7.11. The van der Waals surface area contributed by atoms with Gasteiger partial charge in [0.15, 0.2) is 0 Å². The molecule has 0 rings (SSSR count). The van der Waals surface area contributed by atoms with Gasteiger partial charge in [-0.25, -0.2) is 0 Å². The van der Waals surface area contributed by atoms with Crippen molar-refractivity contribution in [1.29, 1.82) is 0 Å². The lowest BCUT2D eigenvalue weighted by Crippen LogP contribution is -1.96. The molecule has 0 fully saturated rings. The molecule has 9 heavy (non-hydrogen) atoms. The van der Waals surface area contributed by atoms with Gasteiger partial charge in [-0.1, -0.05) is 12.2 Å². The van der Waals surface area contributed by atoms with Gasteiger partial charge < -0.3 is 10.2 Å². The fourth-order valence-electron chi connectivity index (χ4n) is 0.530. The second-order valence-electron chi connectivity index (χ2n) is 2.08. The minimum atomic E-state index is -0.228. The lowest BCUT2D eigenvalue weighted by atomic mass is 10.2. The first-order chi connectivity index (χ1) is 4.27. The standard InChI is InChI=1S/C7H14O2/c1-7(9)5-3-2-4-6-8/h2,4,7-9H,3,5-6H2,1H3. The largest absolute Gasteiger partial charge is 0.393 e. The normalized spacial score (nSPS) is 14.6. The zero-order valence-electron chi connectivity index (χ0n) is 5.75. The molecule has 0 aliphatic rings. The van der Waals surface area contributed by atoms with E-state index in [2.05, 4.69) is 0 Å². The minimum Gasteiger partial charge on any atom is -0.393 e. The van der Waals surface area contributed by atoms with Gasteiger partial charge in [-0.3, -0.25) is 0 Å². The number of aliphatic hydroxyl groups is 2. The molecule has 0 aromatic carbocycles. The van der Waals surface area contributed by atoms with Crippen molar-refractivity contribution in [2.24, 2.45) is 0 Å². The van der Waals surface area contributed by atoms with Gasteiger partial charge in [-0.2, -0.15) is 0 Å². The highest BCUT2D eigenvalue weighted by atomic mass is 16.3. The molecule has 0 radical (unpaired) electrons. The molecule has 1 unspecified atom stereocenters. The number of aliphatic hydroxyl groups excluding tert-OH is 2. The quantitative estimate of drug-likeness (QED) is 0.550. The highest BCUT2D eigenvalue weighted by Crippen LogP contribution is 1.95. The minimum absolute atomic E-state index is 0.0970. The Kier molecular flexibility index (Phi) is 5.57. The Morgan fingerprint density at radius 3 is 2.56 bits per heavy atom. The number of hydrogen-bond donors (Lipinski definition) is 2. The van der Waals surface area contributed by atoms with Gasteiger partial charge in [0, 0.05) is 0 Å². The van der Waals surface area contributed by atoms with Crippen LogP contribution in [0, 0.1) is 0 Å². The van der Waals surface area contributed by atoms with E-state index < -0.39 is 0 Å². The van der Waals surface area contributed by atoms with Crippen LogP contribution in [0.1, 0.15) is 19.8 Å². The second-order valence-corrected chi connectivity index (χ2v) is 2.08. The van der Waals surface area contributed by atoms with Crippen molar-refractivity contribution in [2.45, 2.75) is 25.9 Å². The molecular formula is C7H14O2. The van der Waals surface area contributed by atoms with Crippen molar-refractivity contribution in [3.63, 3.8) is 0 Å². The van der Waals surface area contributed by atoms with Gasteiger partial charge >= 0.3 is 0 Å². The van der Waals surface area contributed by atoms with Crippen LogP contribution in [0.3, 0.4) is 0 Å². The van der Waals surface area contributed by atoms with E-state index >= 15 is 0 Å². The number of allylic oxidation sites excluding steroid dienone is 1. The van der Waals surface area contributed by atoms with E-state index in [1.165, 1.54) is 0 Å². The maximum absolute atomic E-state index is 8.76. The summed E-state index contributed by atoms with van der Waals surface area (Å²) in [6.45, 7) is 1.85. The van der Waals surface area contributed by atoms with E-state index in [0.717, 1.165) is 12.8 Å². The van der Waals surface area contributed by atoms with Crippen molar-refractivity contribution in [1.82, 2.24) is 0 Å². The van der Waals surface area contributed by atoms with Crippen LogP contribution >= 0.6 is 0 Å². The third kappa shape index (κ3) is 7.66. The van der Waals surface area contributed by atoms with Crippen LogP contribution < -0.4 is 0 Å². The predicted octanol–water partition coefficient (Wildman–Crippen LogP) is 0.696. The molecule has 54 valence electrons. The molecule has 0 saturated heterocycles. The molecule has 0 heterocycles. The molecule has 0 bridgehead atoms. The average Bonchev–Trinajstić information content (AvgIpc) is 1.80. The summed E-state index contributed by atoms with van der Waals surface area (Å²) in [6, 6.07) is 0. The number of rotatable bonds is 4. The van der Waals surface area contributed by atoms with E-state index in [0.29, 0.717) is 0 Å². The fraction of sp³-hybridized carbons (Fsp3) is 0.714. The lowest BCUT2D eigenvalue weighted by molar-refractivity contribution is 0.186. The summed E-state index contributed by atoms with van der Waals surface area (Å²) in [7, 11) is 0. The SMILES string of the molecule is CC(O)CCC=CCO. The Labute approximate surface area is 55.8 Å². The van der Waals surface area contributed by atoms with Crippen LogP contribution in [0.4, 0.5) is 0 Å². The average molecular weight is 130 g/mol. The summed E-state index contributed by atoms with van der Waals surface area (Å²) >= 11 is 0. The van der Waals surface area contributed by atoms with E-state index in [-0.39, 0.29) is 12.7 Å². The molecule has 2 N–H and O–H groups in total. The van der Waals surface area contributed by atoms with Crippen LogP contribution in [0.15, 0.2) is 12.2 Å². The smallest absolute Gasteiger partial charge is 0.0612 e. The molecule has 0 amide bonds. The van der Waals surface area contributed by atoms with Crippen molar-refractivity contribution in [3.8, 4) is 0 Å². The van der Waals surface area contributed by atoms with E-state index in [9.17, 15) is 0 Å². The Morgan fingerprint density at radius 2 is 2.11 bits per heavy atom. The summed E-state index contributed by atoms with van der Waals surface area (Å²) in [6.07, 6.45) is 4.94. The van der Waals surface area contributed by atoms with E-state index in [1.54, 1.807) is 13.0 Å². The van der Waals surface area contributed by atoms with E-state index in [1.807, 2.05) is 6.08 Å². The summed E-state index contributed by atoms with van der Waals surface area (Å²) < 4.78 is 0. The second kappa shape index (κ2) is 5.79. The molecule has 0 saturated carbocycles. The Hall–Kier alpha value is -0.340. The van der Waals surface area contributed by atoms with Gasteiger partial charge in [-0.15, -0.1) is 0 Å².